The fourth-order valence-electron chi connectivity index (χ4n) is 10.8. The molecular weight excluding hydrogens is 1290 g/mol. The van der Waals surface area contributed by atoms with Crippen molar-refractivity contribution in [1.82, 2.24) is 26.2 Å². The van der Waals surface area contributed by atoms with Crippen LogP contribution in [0.5, 0.6) is 5.75 Å². The van der Waals surface area contributed by atoms with Crippen LogP contribution in [-0.2, 0) is 60.3 Å². The number of aliphatic hydroxyl groups excluding tert-OH is 1. The molecule has 2 aromatic rings. The first-order chi connectivity index (χ1) is 42.6. The molecule has 9 N–H and O–H groups in total. The first-order valence-corrected chi connectivity index (χ1v) is 31.2. The number of nitrogens with zero attached hydrogens (tertiary/aromatic N) is 2. The number of urea groups is 1. The van der Waals surface area contributed by atoms with Crippen LogP contribution in [0.2, 0.25) is 5.02 Å². The lowest BCUT2D eigenvalue weighted by molar-refractivity contribution is -0.159. The van der Waals surface area contributed by atoms with Gasteiger partial charge in [0.15, 0.2) is 5.72 Å². The van der Waals surface area contributed by atoms with Gasteiger partial charge in [-0.2, -0.15) is 13.2 Å². The van der Waals surface area contributed by atoms with Crippen LogP contribution in [0.25, 0.3) is 0 Å². The lowest BCUT2D eigenvalue weighted by Crippen LogP contribution is -2.63. The molecule has 0 saturated carbocycles. The number of carbonyl (C=O) groups excluding carboxylic acids is 8. The van der Waals surface area contributed by atoms with Crippen molar-refractivity contribution in [3.8, 4) is 5.75 Å². The normalized spacial score (nSPS) is 25.2. The predicted molar refractivity (Wildman–Crippen MR) is 334 cm³/mol. The minimum atomic E-state index is -5.24. The van der Waals surface area contributed by atoms with Gasteiger partial charge in [0, 0.05) is 63.1 Å². The Labute approximate surface area is 540 Å². The molecule has 3 heterocycles. The van der Waals surface area contributed by atoms with Gasteiger partial charge in [-0.3, -0.25) is 25.0 Å². The Morgan fingerprint density at radius 2 is 1.76 bits per heavy atom. The van der Waals surface area contributed by atoms with Crippen molar-refractivity contribution in [3.63, 3.8) is 0 Å². The molecule has 2 saturated heterocycles. The van der Waals surface area contributed by atoms with E-state index in [-0.39, 0.29) is 53.9 Å². The van der Waals surface area contributed by atoms with E-state index in [4.69, 9.17) is 45.8 Å². The van der Waals surface area contributed by atoms with E-state index < -0.39 is 155 Å². The number of carbonyl (C=O) groups is 8. The highest BCUT2D eigenvalue weighted by Gasteiger charge is 2.64. The van der Waals surface area contributed by atoms with E-state index in [1.165, 1.54) is 26.0 Å². The predicted octanol–water partition coefficient (Wildman–Crippen LogP) is 6.75. The maximum absolute atomic E-state index is 15.2. The van der Waals surface area contributed by atoms with Crippen LogP contribution >= 0.6 is 27.5 Å². The molecule has 504 valence electrons. The van der Waals surface area contributed by atoms with E-state index in [9.17, 15) is 48.6 Å². The monoisotopic (exact) mass is 1370 g/mol. The van der Waals surface area contributed by atoms with E-state index >= 15 is 13.2 Å². The van der Waals surface area contributed by atoms with Gasteiger partial charge in [0.25, 0.3) is 5.91 Å². The van der Waals surface area contributed by atoms with Crippen molar-refractivity contribution < 1.29 is 90.2 Å². The van der Waals surface area contributed by atoms with Crippen molar-refractivity contribution in [1.29, 1.82) is 0 Å². The first kappa shape index (κ1) is 74.9. The minimum absolute atomic E-state index is 0.0494. The molecule has 3 unspecified atom stereocenters. The Morgan fingerprint density at radius 3 is 2.37 bits per heavy atom. The number of primary amides is 1. The quantitative estimate of drug-likeness (QED) is 0.00969. The minimum Gasteiger partial charge on any atom is -0.495 e. The molecule has 3 aliphatic heterocycles. The number of anilines is 2. The van der Waals surface area contributed by atoms with Crippen molar-refractivity contribution in [2.24, 2.45) is 17.6 Å². The third-order valence-corrected chi connectivity index (χ3v) is 17.5. The highest BCUT2D eigenvalue weighted by molar-refractivity contribution is 9.09. The second kappa shape index (κ2) is 32.6. The van der Waals surface area contributed by atoms with Gasteiger partial charge >= 0.3 is 30.2 Å². The molecule has 0 aromatic heterocycles. The second-order valence-electron chi connectivity index (χ2n) is 23.7. The summed E-state index contributed by atoms with van der Waals surface area (Å²) in [5.41, 5.74) is 0.990. The molecule has 6 amide bonds. The second-order valence-corrected chi connectivity index (χ2v) is 24.7. The molecule has 91 heavy (non-hydrogen) atoms. The summed E-state index contributed by atoms with van der Waals surface area (Å²) in [7, 11) is 5.41. The third-order valence-electron chi connectivity index (χ3n) is 16.4. The molecule has 2 aromatic carbocycles. The molecule has 13 atom stereocenters. The van der Waals surface area contributed by atoms with E-state index in [0.717, 1.165) is 29.7 Å². The van der Waals surface area contributed by atoms with Gasteiger partial charge < -0.3 is 74.9 Å². The number of likely N-dealkylation sites (N-methyl/N-ethyl adjacent to an activating group) is 1. The highest BCUT2D eigenvalue weighted by atomic mass is 79.9. The van der Waals surface area contributed by atoms with Gasteiger partial charge in [-0.05, 0) is 108 Å². The molecule has 0 spiro atoms. The summed E-state index contributed by atoms with van der Waals surface area (Å²) in [4.78, 5) is 108. The van der Waals surface area contributed by atoms with Crippen LogP contribution in [-0.4, -0.2) is 176 Å². The summed E-state index contributed by atoms with van der Waals surface area (Å²) in [6, 6.07) is -0.0737. The zero-order valence-corrected chi connectivity index (χ0v) is 55.2. The average Bonchev–Trinajstić information content (AvgIpc) is 1.58. The summed E-state index contributed by atoms with van der Waals surface area (Å²) in [6.45, 7) is 15.0. The number of epoxide rings is 1. The lowest BCUT2D eigenvalue weighted by atomic mass is 9.83. The number of esters is 2. The molecule has 24 nitrogen and oxygen atoms in total. The van der Waals surface area contributed by atoms with Crippen LogP contribution in [0.3, 0.4) is 0 Å². The molecule has 3 aliphatic rings. The van der Waals surface area contributed by atoms with E-state index in [0.29, 0.717) is 42.9 Å². The summed E-state index contributed by atoms with van der Waals surface area (Å²) >= 11 is 10.0. The molecule has 4 bridgehead atoms. The maximum Gasteiger partial charge on any atom is 0.417 e. The molecular formula is C62H85BrClF3N8O16. The summed E-state index contributed by atoms with van der Waals surface area (Å²) < 4.78 is 80.2. The highest BCUT2D eigenvalue weighted by Crippen LogP contribution is 2.50. The lowest BCUT2D eigenvalue weighted by Gasteiger charge is -2.42. The van der Waals surface area contributed by atoms with Gasteiger partial charge in [0.2, 0.25) is 11.8 Å². The number of aldehydes is 1. The Balaban J connectivity index is 1.40. The SMILES string of the molecule is C=C(CBr)C(=O)OC(C)CCCC(C=O)N[C@H](C(=O)N[C@@H](CCCNC(N)=O)C(=O)Nc1ccc(C(=O)N(C)[C@@H](C)C(=O)O[C@H]2CC(O)N(C)c3cc(cc(OC)c3Cl)C/C(C)=C/C=C/[C@@H](OC)[C@@]3(O)C[C@H](OC(=O)N3)[C@@H](C)[C@@H]3O[C@@]23C)c(C(F)(F)F)c1)C(C)C. The number of ether oxygens (including phenoxy) is 6. The van der Waals surface area contributed by atoms with Crippen molar-refractivity contribution >= 4 is 87.0 Å². The van der Waals surface area contributed by atoms with Crippen molar-refractivity contribution in [2.45, 2.75) is 178 Å². The Bertz CT molecular complexity index is 3050. The molecule has 0 radical (unpaired) electrons. The average molecular weight is 1370 g/mol. The van der Waals surface area contributed by atoms with Crippen molar-refractivity contribution in [3.05, 3.63) is 88.0 Å². The zero-order valence-electron chi connectivity index (χ0n) is 52.9. The number of nitrogens with two attached hydrogens (primary N) is 1. The van der Waals surface area contributed by atoms with E-state index in [1.807, 2.05) is 6.92 Å². The fraction of sp³-hybridized carbons (Fsp3) is 0.581. The van der Waals surface area contributed by atoms with Gasteiger partial charge in [-0.15, -0.1) is 0 Å². The summed E-state index contributed by atoms with van der Waals surface area (Å²) in [5, 5.41) is 37.2. The Morgan fingerprint density at radius 1 is 1.07 bits per heavy atom. The molecule has 5 rings (SSSR count). The van der Waals surface area contributed by atoms with Crippen LogP contribution in [0.1, 0.15) is 115 Å². The number of nitrogens with one attached hydrogen (secondary N) is 5. The largest absolute Gasteiger partial charge is 0.495 e. The van der Waals surface area contributed by atoms with E-state index in [2.05, 4.69) is 49.1 Å². The van der Waals surface area contributed by atoms with Gasteiger partial charge in [0.05, 0.1) is 48.2 Å². The zero-order chi connectivity index (χ0) is 68.0. The number of methoxy groups -OCH3 is 2. The van der Waals surface area contributed by atoms with Gasteiger partial charge in [-0.25, -0.2) is 19.2 Å². The number of aliphatic hydroxyl groups is 2. The number of alkyl carbamates (subject to hydrolysis) is 1. The summed E-state index contributed by atoms with van der Waals surface area (Å²) in [6.07, 6.45) is -6.25. The van der Waals surface area contributed by atoms with Gasteiger partial charge in [0.1, 0.15) is 59.3 Å². The third kappa shape index (κ3) is 19.8. The standard InChI is InChI=1S/C62H85BrClF3N8O16/c1-32(2)51(70-40(31-76)18-14-17-35(5)88-56(81)34(4)30-63)54(79)72-43(19-15-23-69-58(68)83)53(78)71-39-21-22-41(42(27-39)62(65,66)67)55(80)74(9)37(7)57(82)90-48-28-49(77)75(10)44-25-38(26-45(86-11)50(44)64)24-33(3)16-13-20-47(87-12)61(85)29-46(89-59(84)73-61)36(6)52-60(48,8)91-52/h13,16,20-22,25-27,31-32,35-37,40,43,46-49,51-52,70,77,85H,4,14-15,17-19,23-24,28-30H2,1-3,5-12H3,(H,71,78)(H,72,79)(H,73,84)(H3,68,69,83)/b20-13+,33-16+/t35?,36-,37+,40?,43+,46+,47-,48+,49?,51+,52+,60+,61+/m1/s1. The molecule has 2 fully saturated rings. The van der Waals surface area contributed by atoms with Crippen LogP contribution < -0.4 is 42.0 Å². The topological polar surface area (TPSA) is 328 Å². The Hall–Kier alpha value is -6.82. The van der Waals surface area contributed by atoms with Gasteiger partial charge in [-0.1, -0.05) is 78.7 Å². The number of hydrogen-bond donors (Lipinski definition) is 8. The molecule has 29 heteroatoms. The smallest absolute Gasteiger partial charge is 0.417 e. The number of allylic oxidation sites excluding steroid dienone is 3. The number of rotatable bonds is 25. The number of amides is 6. The summed E-state index contributed by atoms with van der Waals surface area (Å²) in [5.74, 6) is -5.65. The number of hydrogen-bond acceptors (Lipinski definition) is 18. The molecule has 0 aliphatic carbocycles. The number of fused-ring (bicyclic) bond motifs is 5. The van der Waals surface area contributed by atoms with Crippen LogP contribution in [0, 0.1) is 11.8 Å². The van der Waals surface area contributed by atoms with E-state index in [1.54, 1.807) is 72.0 Å². The fourth-order valence-corrected chi connectivity index (χ4v) is 11.4. The van der Waals surface area contributed by atoms with Crippen molar-refractivity contribution in [2.75, 3.05) is 50.4 Å². The van der Waals surface area contributed by atoms with Crippen LogP contribution in [0.15, 0.2) is 66.3 Å². The number of halogens is 5. The van der Waals surface area contributed by atoms with Crippen LogP contribution in [0.4, 0.5) is 34.1 Å². The first-order valence-electron chi connectivity index (χ1n) is 29.7. The number of benzene rings is 2. The Kier molecular flexibility index (Phi) is 26.9. The number of alkyl halides is 4. The maximum atomic E-state index is 15.2.